The summed E-state index contributed by atoms with van der Waals surface area (Å²) < 4.78 is 22.3. The van der Waals surface area contributed by atoms with Crippen molar-refractivity contribution in [3.63, 3.8) is 0 Å². The maximum absolute atomic E-state index is 13.4. The van der Waals surface area contributed by atoms with Crippen LogP contribution in [-0.4, -0.2) is 47.9 Å². The van der Waals surface area contributed by atoms with Crippen molar-refractivity contribution in [2.24, 2.45) is 0 Å². The topological polar surface area (TPSA) is 112 Å². The average molecular weight is 412 g/mol. The molecule has 0 saturated carbocycles. The molecule has 3 atom stereocenters. The summed E-state index contributed by atoms with van der Waals surface area (Å²) in [6.45, 7) is 1.61. The number of carbonyl (C=O) groups excluding carboxylic acids is 2. The van der Waals surface area contributed by atoms with Crippen molar-refractivity contribution in [2.75, 3.05) is 14.2 Å². The highest BCUT2D eigenvalue weighted by molar-refractivity contribution is 6.30. The van der Waals surface area contributed by atoms with Crippen LogP contribution in [0.5, 0.6) is 23.0 Å². The van der Waals surface area contributed by atoms with E-state index >= 15 is 0 Å². The fourth-order valence-electron chi connectivity index (χ4n) is 4.52. The molecular weight excluding hydrogens is 392 g/mol. The molecule has 8 heteroatoms. The number of aliphatic hydroxyl groups excluding tert-OH is 1. The Kier molecular flexibility index (Phi) is 3.90. The van der Waals surface area contributed by atoms with Gasteiger partial charge in [0.2, 0.25) is 11.6 Å². The van der Waals surface area contributed by atoms with Gasteiger partial charge in [-0.05, 0) is 25.0 Å². The number of rotatable bonds is 2. The second-order valence-corrected chi connectivity index (χ2v) is 7.79. The van der Waals surface area contributed by atoms with Crippen LogP contribution in [0.3, 0.4) is 0 Å². The zero-order valence-electron chi connectivity index (χ0n) is 16.6. The minimum absolute atomic E-state index is 0.0251. The number of phenolic OH excluding ortho intramolecular Hbond substituents is 1. The lowest BCUT2D eigenvalue weighted by molar-refractivity contribution is -0.289. The highest BCUT2D eigenvalue weighted by Crippen LogP contribution is 2.53. The van der Waals surface area contributed by atoms with E-state index in [4.69, 9.17) is 18.9 Å². The molecule has 2 aromatic rings. The number of fused-ring (bicyclic) bond motifs is 6. The Morgan fingerprint density at radius 3 is 2.47 bits per heavy atom. The lowest BCUT2D eigenvalue weighted by atomic mass is 9.80. The Bertz CT molecular complexity index is 1120. The van der Waals surface area contributed by atoms with Crippen LogP contribution >= 0.6 is 0 Å². The van der Waals surface area contributed by atoms with Gasteiger partial charge in [-0.2, -0.15) is 0 Å². The molecule has 8 nitrogen and oxygen atoms in total. The molecule has 2 aliphatic heterocycles. The van der Waals surface area contributed by atoms with Crippen molar-refractivity contribution < 1.29 is 38.7 Å². The standard InChI is InChI=1S/C22H20O8/c1-22-15(23)5-4-12(29-22)18-14(30-22)8-11-17(21(18)26)20(25)16-10(19(11)24)6-9(27-2)7-13(16)28-3/h6-8,12,15,23,26H,4-5H2,1-3H3/t12-,15+,22+/m1/s1. The second-order valence-electron chi connectivity index (χ2n) is 7.79. The van der Waals surface area contributed by atoms with Gasteiger partial charge in [-0.1, -0.05) is 0 Å². The molecule has 2 heterocycles. The van der Waals surface area contributed by atoms with E-state index in [0.29, 0.717) is 24.2 Å². The largest absolute Gasteiger partial charge is 0.507 e. The maximum atomic E-state index is 13.4. The molecule has 0 aromatic heterocycles. The van der Waals surface area contributed by atoms with Crippen molar-refractivity contribution in [3.8, 4) is 23.0 Å². The molecule has 1 fully saturated rings. The maximum Gasteiger partial charge on any atom is 0.234 e. The fourth-order valence-corrected chi connectivity index (χ4v) is 4.52. The Hall–Kier alpha value is -3.10. The Labute approximate surface area is 171 Å². The van der Waals surface area contributed by atoms with Gasteiger partial charge in [-0.15, -0.1) is 0 Å². The van der Waals surface area contributed by atoms with Crippen LogP contribution in [0, 0.1) is 0 Å². The lowest BCUT2D eigenvalue weighted by Gasteiger charge is -2.46. The lowest BCUT2D eigenvalue weighted by Crippen LogP contribution is -2.53. The molecule has 0 spiro atoms. The van der Waals surface area contributed by atoms with Gasteiger partial charge in [-0.25, -0.2) is 0 Å². The van der Waals surface area contributed by atoms with E-state index in [0.717, 1.165) is 0 Å². The summed E-state index contributed by atoms with van der Waals surface area (Å²) >= 11 is 0. The summed E-state index contributed by atoms with van der Waals surface area (Å²) in [5.41, 5.74) is 0.443. The molecule has 1 saturated heterocycles. The first-order valence-electron chi connectivity index (χ1n) is 9.59. The third kappa shape index (κ3) is 2.34. The van der Waals surface area contributed by atoms with E-state index < -0.39 is 29.6 Å². The number of ether oxygens (including phenoxy) is 4. The summed E-state index contributed by atoms with van der Waals surface area (Å²) in [7, 11) is 2.84. The van der Waals surface area contributed by atoms with Gasteiger partial charge < -0.3 is 29.2 Å². The zero-order chi connectivity index (χ0) is 21.4. The predicted octanol–water partition coefficient (Wildman–Crippen LogP) is 2.51. The van der Waals surface area contributed by atoms with E-state index in [1.54, 1.807) is 6.92 Å². The summed E-state index contributed by atoms with van der Waals surface area (Å²) in [5.74, 6) is -1.83. The van der Waals surface area contributed by atoms with Crippen LogP contribution in [0.2, 0.25) is 0 Å². The number of benzene rings is 2. The summed E-state index contributed by atoms with van der Waals surface area (Å²) in [6.07, 6.45) is -0.555. The predicted molar refractivity (Wildman–Crippen MR) is 103 cm³/mol. The quantitative estimate of drug-likeness (QED) is 0.660. The van der Waals surface area contributed by atoms with Gasteiger partial charge in [0, 0.05) is 24.1 Å². The molecule has 3 aliphatic rings. The van der Waals surface area contributed by atoms with Crippen LogP contribution < -0.4 is 14.2 Å². The van der Waals surface area contributed by atoms with Crippen molar-refractivity contribution in [3.05, 3.63) is 46.0 Å². The molecule has 2 bridgehead atoms. The first-order valence-corrected chi connectivity index (χ1v) is 9.59. The van der Waals surface area contributed by atoms with E-state index in [2.05, 4.69) is 0 Å². The SMILES string of the molecule is COc1cc(OC)c2c(c1)C(=O)c1cc3c(c(O)c1C2=O)[C@H]1CC[C@H](O)[C@](C)(O3)O1. The van der Waals surface area contributed by atoms with Crippen LogP contribution in [0.4, 0.5) is 0 Å². The zero-order valence-corrected chi connectivity index (χ0v) is 16.6. The molecular formula is C22H20O8. The number of phenols is 1. The van der Waals surface area contributed by atoms with Crippen molar-refractivity contribution >= 4 is 11.6 Å². The van der Waals surface area contributed by atoms with Crippen molar-refractivity contribution in [2.45, 2.75) is 37.8 Å². The summed E-state index contributed by atoms with van der Waals surface area (Å²) in [4.78, 5) is 26.7. The number of hydrogen-bond donors (Lipinski definition) is 2. The summed E-state index contributed by atoms with van der Waals surface area (Å²) in [6, 6.07) is 4.44. The minimum atomic E-state index is -1.29. The van der Waals surface area contributed by atoms with Gasteiger partial charge in [-0.3, -0.25) is 9.59 Å². The Morgan fingerprint density at radius 1 is 1.03 bits per heavy atom. The van der Waals surface area contributed by atoms with E-state index in [-0.39, 0.29) is 39.5 Å². The number of aromatic hydroxyl groups is 1. The van der Waals surface area contributed by atoms with Gasteiger partial charge in [0.15, 0.2) is 5.78 Å². The van der Waals surface area contributed by atoms with Gasteiger partial charge in [0.25, 0.3) is 0 Å². The molecule has 1 aliphatic carbocycles. The average Bonchev–Trinajstić information content (AvgIpc) is 2.73. The third-order valence-corrected chi connectivity index (χ3v) is 6.10. The molecule has 0 unspecified atom stereocenters. The van der Waals surface area contributed by atoms with Gasteiger partial charge >= 0.3 is 0 Å². The minimum Gasteiger partial charge on any atom is -0.507 e. The Balaban J connectivity index is 1.75. The fraction of sp³-hybridized carbons (Fsp3) is 0.364. The first-order chi connectivity index (χ1) is 14.3. The number of ketones is 2. The number of methoxy groups -OCH3 is 2. The molecule has 2 aromatic carbocycles. The van der Waals surface area contributed by atoms with Crippen molar-refractivity contribution in [1.82, 2.24) is 0 Å². The highest BCUT2D eigenvalue weighted by Gasteiger charge is 2.50. The first kappa shape index (κ1) is 18.9. The second kappa shape index (κ2) is 6.20. The molecule has 156 valence electrons. The van der Waals surface area contributed by atoms with Crippen molar-refractivity contribution in [1.29, 1.82) is 0 Å². The highest BCUT2D eigenvalue weighted by atomic mass is 16.7. The smallest absolute Gasteiger partial charge is 0.234 e. The molecule has 30 heavy (non-hydrogen) atoms. The van der Waals surface area contributed by atoms with Crippen LogP contribution in [-0.2, 0) is 4.74 Å². The van der Waals surface area contributed by atoms with E-state index in [1.165, 1.54) is 32.4 Å². The summed E-state index contributed by atoms with van der Waals surface area (Å²) in [5, 5.41) is 21.4. The van der Waals surface area contributed by atoms with E-state index in [1.807, 2.05) is 0 Å². The van der Waals surface area contributed by atoms with E-state index in [9.17, 15) is 19.8 Å². The van der Waals surface area contributed by atoms with Gasteiger partial charge in [0.1, 0.15) is 29.1 Å². The normalized spacial score (nSPS) is 26.3. The van der Waals surface area contributed by atoms with Crippen LogP contribution in [0.1, 0.15) is 63.3 Å². The Morgan fingerprint density at radius 2 is 1.77 bits per heavy atom. The van der Waals surface area contributed by atoms with Gasteiger partial charge in [0.05, 0.1) is 37.0 Å². The molecule has 5 rings (SSSR count). The molecule has 0 amide bonds. The monoisotopic (exact) mass is 412 g/mol. The molecule has 0 radical (unpaired) electrons. The molecule has 2 N–H and O–H groups in total. The number of hydrogen-bond acceptors (Lipinski definition) is 8. The number of aliphatic hydroxyl groups is 1. The third-order valence-electron chi connectivity index (χ3n) is 6.10. The number of carbonyl (C=O) groups is 2. The van der Waals surface area contributed by atoms with Crippen LogP contribution in [0.25, 0.3) is 0 Å². The van der Waals surface area contributed by atoms with Crippen LogP contribution in [0.15, 0.2) is 18.2 Å².